The van der Waals surface area contributed by atoms with Gasteiger partial charge in [0, 0.05) is 33.8 Å². The Morgan fingerprint density at radius 1 is 0.455 bits per heavy atom. The lowest BCUT2D eigenvalue weighted by Crippen LogP contribution is -2.59. The number of nitriles is 1. The third kappa shape index (κ3) is 4.33. The quantitative estimate of drug-likeness (QED) is 0.169. The minimum absolute atomic E-state index is 0.0239. The van der Waals surface area contributed by atoms with Gasteiger partial charge in [-0.25, -0.2) is 0 Å². The molecule has 0 saturated heterocycles. The largest absolute Gasteiger partial charge is 0.311 e. The fourth-order valence-corrected chi connectivity index (χ4v) is 9.91. The number of hydrogen-bond donors (Lipinski definition) is 0. The second-order valence-corrected chi connectivity index (χ2v) is 15.1. The lowest BCUT2D eigenvalue weighted by molar-refractivity contribution is 0.977. The Bertz CT molecular complexity index is 3110. The number of rotatable bonds is 2. The molecule has 9 aromatic carbocycles. The van der Waals surface area contributed by atoms with E-state index in [1.165, 1.54) is 82.5 Å². The van der Waals surface area contributed by atoms with Gasteiger partial charge in [-0.1, -0.05) is 127 Å². The Hall–Kier alpha value is -7.09. The summed E-state index contributed by atoms with van der Waals surface area (Å²) in [6, 6.07) is 64.9. The first-order valence-corrected chi connectivity index (χ1v) is 19.1. The van der Waals surface area contributed by atoms with Crippen molar-refractivity contribution < 1.29 is 0 Å². The summed E-state index contributed by atoms with van der Waals surface area (Å²) < 4.78 is 0. The van der Waals surface area contributed by atoms with Gasteiger partial charge in [-0.05, 0) is 121 Å². The second kappa shape index (κ2) is 11.5. The Morgan fingerprint density at radius 3 is 1.87 bits per heavy atom. The summed E-state index contributed by atoms with van der Waals surface area (Å²) in [5.41, 5.74) is 16.5. The van der Waals surface area contributed by atoms with Gasteiger partial charge in [0.2, 0.25) is 6.71 Å². The van der Waals surface area contributed by atoms with Crippen molar-refractivity contribution in [1.82, 2.24) is 0 Å². The number of hydrogen-bond acceptors (Lipinski definition) is 3. The predicted octanol–water partition coefficient (Wildman–Crippen LogP) is 10.9. The highest BCUT2D eigenvalue weighted by molar-refractivity contribution is 7.01. The third-order valence-electron chi connectivity index (χ3n) is 12.3. The van der Waals surface area contributed by atoms with E-state index in [1.807, 2.05) is 0 Å². The number of benzene rings is 9. The molecule has 254 valence electrons. The van der Waals surface area contributed by atoms with Crippen LogP contribution in [0.4, 0.5) is 34.1 Å². The van der Waals surface area contributed by atoms with Gasteiger partial charge in [0.1, 0.15) is 0 Å². The van der Waals surface area contributed by atoms with Crippen LogP contribution in [-0.4, -0.2) is 6.71 Å². The molecule has 0 atom stereocenters. The molecule has 0 saturated carbocycles. The molecule has 0 N–H and O–H groups in total. The molecule has 0 bridgehead atoms. The standard InChI is InChI=1S/C51H32BN3/c53-31-32-26-42-40-24-25-47(55-45-18-7-5-11-34(45)20-21-35-12-6-8-19-46(35)55)41-16-9-17-43(50(40)41)52-44-29-37-14-3-4-15-38(37)30-48(44)54(49(27-32)51(42)52)39-23-22-33-10-1-2-13-36(33)28-39/h1-19,22-30H,20-21H2. The molecule has 55 heavy (non-hydrogen) atoms. The van der Waals surface area contributed by atoms with Crippen LogP contribution in [-0.2, 0) is 12.8 Å². The fraction of sp³-hybridized carbons (Fsp3) is 0.0392. The highest BCUT2D eigenvalue weighted by Gasteiger charge is 2.42. The normalized spacial score (nSPS) is 13.5. The van der Waals surface area contributed by atoms with Crippen molar-refractivity contribution in [3.8, 4) is 17.2 Å². The van der Waals surface area contributed by atoms with Crippen molar-refractivity contribution in [3.05, 3.63) is 187 Å². The summed E-state index contributed by atoms with van der Waals surface area (Å²) in [5, 5.41) is 17.9. The van der Waals surface area contributed by atoms with Crippen molar-refractivity contribution in [2.75, 3.05) is 9.80 Å². The fourth-order valence-electron chi connectivity index (χ4n) is 9.91. The zero-order valence-corrected chi connectivity index (χ0v) is 30.0. The van der Waals surface area contributed by atoms with Gasteiger partial charge in [0.05, 0.1) is 17.3 Å². The van der Waals surface area contributed by atoms with Gasteiger partial charge in [-0.3, -0.25) is 0 Å². The van der Waals surface area contributed by atoms with E-state index in [-0.39, 0.29) is 6.71 Å². The summed E-state index contributed by atoms with van der Waals surface area (Å²) in [4.78, 5) is 4.91. The van der Waals surface area contributed by atoms with Crippen LogP contribution in [0.25, 0.3) is 43.4 Å². The van der Waals surface area contributed by atoms with Crippen LogP contribution in [0.15, 0.2) is 170 Å². The first-order chi connectivity index (χ1) is 27.2. The summed E-state index contributed by atoms with van der Waals surface area (Å²) in [6.45, 7) is -0.0239. The van der Waals surface area contributed by atoms with Gasteiger partial charge in [0.25, 0.3) is 0 Å². The second-order valence-electron chi connectivity index (χ2n) is 15.1. The van der Waals surface area contributed by atoms with Gasteiger partial charge in [-0.2, -0.15) is 5.26 Å². The van der Waals surface area contributed by atoms with Crippen molar-refractivity contribution in [3.63, 3.8) is 0 Å². The van der Waals surface area contributed by atoms with Crippen LogP contribution in [0.5, 0.6) is 0 Å². The maximum Gasteiger partial charge on any atom is 0.248 e. The number of aryl methyl sites for hydroxylation is 2. The third-order valence-corrected chi connectivity index (χ3v) is 12.3. The summed E-state index contributed by atoms with van der Waals surface area (Å²) in [7, 11) is 0. The van der Waals surface area contributed by atoms with Crippen LogP contribution in [0.3, 0.4) is 0 Å². The molecule has 0 unspecified atom stereocenters. The maximum absolute atomic E-state index is 10.6. The van der Waals surface area contributed by atoms with E-state index < -0.39 is 0 Å². The Balaban J connectivity index is 1.18. The molecule has 0 fully saturated rings. The zero-order valence-electron chi connectivity index (χ0n) is 30.0. The molecule has 0 spiro atoms. The molecule has 9 aromatic rings. The van der Waals surface area contributed by atoms with E-state index in [0.29, 0.717) is 5.56 Å². The van der Waals surface area contributed by atoms with Gasteiger partial charge in [-0.15, -0.1) is 0 Å². The van der Waals surface area contributed by atoms with Crippen molar-refractivity contribution in [2.24, 2.45) is 0 Å². The lowest BCUT2D eigenvalue weighted by Gasteiger charge is -2.41. The monoisotopic (exact) mass is 697 g/mol. The number of para-hydroxylation sites is 2. The van der Waals surface area contributed by atoms with Crippen molar-refractivity contribution in [1.29, 1.82) is 5.26 Å². The molecular formula is C51H32BN3. The SMILES string of the molecule is N#Cc1cc2c3c(c1)N(c1ccc4ccccc4c1)c1cc4ccccc4cc1B3c1cccc3c(N4c5ccccc5CCc5ccccc54)ccc-2c13. The summed E-state index contributed by atoms with van der Waals surface area (Å²) in [5.74, 6) is 0. The highest BCUT2D eigenvalue weighted by atomic mass is 15.2. The van der Waals surface area contributed by atoms with E-state index in [9.17, 15) is 5.26 Å². The van der Waals surface area contributed by atoms with Gasteiger partial charge < -0.3 is 9.80 Å². The molecule has 0 aliphatic carbocycles. The van der Waals surface area contributed by atoms with Gasteiger partial charge >= 0.3 is 0 Å². The molecule has 3 aliphatic heterocycles. The molecule has 3 aliphatic rings. The average Bonchev–Trinajstić information content (AvgIpc) is 3.41. The molecule has 3 nitrogen and oxygen atoms in total. The van der Waals surface area contributed by atoms with Crippen LogP contribution in [0, 0.1) is 11.3 Å². The van der Waals surface area contributed by atoms with E-state index >= 15 is 0 Å². The van der Waals surface area contributed by atoms with Gasteiger partial charge in [0.15, 0.2) is 0 Å². The minimum Gasteiger partial charge on any atom is -0.311 e. The Morgan fingerprint density at radius 2 is 1.13 bits per heavy atom. The van der Waals surface area contributed by atoms with Crippen LogP contribution in [0.2, 0.25) is 0 Å². The average molecular weight is 698 g/mol. The van der Waals surface area contributed by atoms with E-state index in [0.717, 1.165) is 35.5 Å². The van der Waals surface area contributed by atoms with Crippen molar-refractivity contribution >= 4 is 89.5 Å². The van der Waals surface area contributed by atoms with Crippen LogP contribution < -0.4 is 26.2 Å². The van der Waals surface area contributed by atoms with Crippen LogP contribution in [0.1, 0.15) is 16.7 Å². The molecule has 4 heteroatoms. The Labute approximate surface area is 320 Å². The molecule has 0 aromatic heterocycles. The van der Waals surface area contributed by atoms with E-state index in [2.05, 4.69) is 186 Å². The Kier molecular flexibility index (Phi) is 6.33. The smallest absolute Gasteiger partial charge is 0.248 e. The molecule has 0 amide bonds. The predicted molar refractivity (Wildman–Crippen MR) is 231 cm³/mol. The molecule has 0 radical (unpaired) electrons. The summed E-state index contributed by atoms with van der Waals surface area (Å²) in [6.07, 6.45) is 2.00. The van der Waals surface area contributed by atoms with Crippen LogP contribution >= 0.6 is 0 Å². The number of anilines is 6. The number of nitrogens with zero attached hydrogens (tertiary/aromatic N) is 3. The van der Waals surface area contributed by atoms with Crippen molar-refractivity contribution in [2.45, 2.75) is 12.8 Å². The highest BCUT2D eigenvalue weighted by Crippen LogP contribution is 2.48. The topological polar surface area (TPSA) is 30.3 Å². The summed E-state index contributed by atoms with van der Waals surface area (Å²) >= 11 is 0. The molecule has 12 rings (SSSR count). The first-order valence-electron chi connectivity index (χ1n) is 19.1. The maximum atomic E-state index is 10.6. The first kappa shape index (κ1) is 30.4. The molecule has 3 heterocycles. The van der Waals surface area contributed by atoms with E-state index in [1.54, 1.807) is 0 Å². The molecular weight excluding hydrogens is 665 g/mol. The minimum atomic E-state index is -0.0239. The number of fused-ring (bicyclic) bond motifs is 8. The zero-order chi connectivity index (χ0) is 36.2. The van der Waals surface area contributed by atoms with E-state index in [4.69, 9.17) is 0 Å². The lowest BCUT2D eigenvalue weighted by atomic mass is 9.32.